The fraction of sp³-hybridized carbons (Fsp3) is 0.474. The zero-order valence-corrected chi connectivity index (χ0v) is 16.7. The van der Waals surface area contributed by atoms with Gasteiger partial charge in [0, 0.05) is 17.6 Å². The Morgan fingerprint density at radius 2 is 1.56 bits per heavy atom. The summed E-state index contributed by atoms with van der Waals surface area (Å²) < 4.78 is 11.1. The van der Waals surface area contributed by atoms with Crippen LogP contribution in [0.25, 0.3) is 4.48 Å². The molecule has 0 unspecified atom stereocenters. The van der Waals surface area contributed by atoms with Crippen molar-refractivity contribution in [2.75, 3.05) is 20.2 Å². The minimum absolute atomic E-state index is 0.259. The van der Waals surface area contributed by atoms with Crippen molar-refractivity contribution in [3.63, 3.8) is 0 Å². The van der Waals surface area contributed by atoms with E-state index in [9.17, 15) is 9.59 Å². The van der Waals surface area contributed by atoms with Crippen LogP contribution in [0.1, 0.15) is 49.5 Å². The molecular weight excluding hydrogens is 386 g/mol. The van der Waals surface area contributed by atoms with Crippen molar-refractivity contribution in [2.24, 2.45) is 0 Å². The van der Waals surface area contributed by atoms with Gasteiger partial charge in [0.1, 0.15) is 5.60 Å². The Kier molecular flexibility index (Phi) is 6.27. The summed E-state index contributed by atoms with van der Waals surface area (Å²) in [6.45, 7) is 6.89. The number of carbonyl (C=O) groups is 2. The average Bonchev–Trinajstić information content (AvgIpc) is 2.59. The topological polar surface area (TPSA) is 55.8 Å². The molecule has 0 N–H and O–H groups in total. The lowest BCUT2D eigenvalue weighted by Gasteiger charge is -2.31. The lowest BCUT2D eigenvalue weighted by Crippen LogP contribution is -2.40. The maximum Gasteiger partial charge on any atom is 0.410 e. The van der Waals surface area contributed by atoms with Crippen LogP contribution in [0.3, 0.4) is 0 Å². The van der Waals surface area contributed by atoms with Gasteiger partial charge in [0.15, 0.2) is 0 Å². The highest BCUT2D eigenvalue weighted by Gasteiger charge is 2.25. The quantitative estimate of drug-likeness (QED) is 0.669. The molecule has 1 heterocycles. The van der Waals surface area contributed by atoms with Gasteiger partial charge in [0.05, 0.1) is 12.7 Å². The van der Waals surface area contributed by atoms with E-state index >= 15 is 0 Å². The number of likely N-dealkylation sites (tertiary alicyclic amines) is 1. The van der Waals surface area contributed by atoms with Crippen LogP contribution in [0, 0.1) is 0 Å². The summed E-state index contributed by atoms with van der Waals surface area (Å²) in [6.07, 6.45) is 1.32. The smallest absolute Gasteiger partial charge is 0.410 e. The molecule has 0 spiro atoms. The molecule has 6 heteroatoms. The molecule has 0 bridgehead atoms. The van der Waals surface area contributed by atoms with Crippen LogP contribution in [-0.2, 0) is 9.47 Å². The highest BCUT2D eigenvalue weighted by Crippen LogP contribution is 2.32. The van der Waals surface area contributed by atoms with Crippen molar-refractivity contribution in [3.05, 3.63) is 41.0 Å². The van der Waals surface area contributed by atoms with E-state index in [-0.39, 0.29) is 12.1 Å². The van der Waals surface area contributed by atoms with Crippen molar-refractivity contribution in [2.45, 2.75) is 39.2 Å². The van der Waals surface area contributed by atoms with E-state index in [0.29, 0.717) is 18.7 Å². The summed E-state index contributed by atoms with van der Waals surface area (Å²) in [6, 6.07) is 7.28. The minimum atomic E-state index is -0.477. The van der Waals surface area contributed by atoms with Gasteiger partial charge in [-0.25, -0.2) is 9.59 Å². The summed E-state index contributed by atoms with van der Waals surface area (Å²) in [5.41, 5.74) is 2.31. The van der Waals surface area contributed by atoms with Crippen molar-refractivity contribution >= 4 is 32.5 Å². The number of hydrogen-bond acceptors (Lipinski definition) is 4. The Hall–Kier alpha value is -1.82. The number of amides is 1. The van der Waals surface area contributed by atoms with Crippen molar-refractivity contribution < 1.29 is 19.1 Å². The van der Waals surface area contributed by atoms with Gasteiger partial charge < -0.3 is 14.4 Å². The molecule has 1 amide bonds. The molecule has 2 rings (SSSR count). The van der Waals surface area contributed by atoms with Gasteiger partial charge in [-0.3, -0.25) is 0 Å². The Labute approximate surface area is 157 Å². The van der Waals surface area contributed by atoms with Gasteiger partial charge in [0.25, 0.3) is 0 Å². The molecule has 0 aromatic heterocycles. The number of rotatable bonds is 2. The molecule has 0 atom stereocenters. The maximum atomic E-state index is 12.1. The first kappa shape index (κ1) is 19.5. The van der Waals surface area contributed by atoms with Gasteiger partial charge in [-0.1, -0.05) is 33.6 Å². The number of ether oxygens (including phenoxy) is 2. The number of nitrogens with zero attached hydrogens (tertiary/aromatic N) is 1. The van der Waals surface area contributed by atoms with E-state index < -0.39 is 5.60 Å². The molecule has 1 aromatic carbocycles. The van der Waals surface area contributed by atoms with Crippen molar-refractivity contribution in [3.8, 4) is 0 Å². The van der Waals surface area contributed by atoms with E-state index in [4.69, 9.17) is 9.47 Å². The zero-order valence-electron chi connectivity index (χ0n) is 15.1. The number of benzene rings is 1. The second-order valence-electron chi connectivity index (χ2n) is 6.95. The van der Waals surface area contributed by atoms with E-state index in [1.165, 1.54) is 12.7 Å². The van der Waals surface area contributed by atoms with Gasteiger partial charge in [-0.2, -0.15) is 0 Å². The average molecular weight is 410 g/mol. The molecule has 0 saturated carbocycles. The largest absolute Gasteiger partial charge is 0.465 e. The minimum Gasteiger partial charge on any atom is -0.465 e. The monoisotopic (exact) mass is 409 g/mol. The second-order valence-corrected chi connectivity index (χ2v) is 7.75. The summed E-state index contributed by atoms with van der Waals surface area (Å²) in [4.78, 5) is 25.4. The molecule has 1 aliphatic heterocycles. The third-order valence-corrected chi connectivity index (χ3v) is 4.91. The summed E-state index contributed by atoms with van der Waals surface area (Å²) in [5, 5.41) is 0. The van der Waals surface area contributed by atoms with Crippen LogP contribution in [0.2, 0.25) is 0 Å². The third-order valence-electron chi connectivity index (χ3n) is 3.89. The Balaban J connectivity index is 2.02. The number of methoxy groups -OCH3 is 1. The first-order valence-electron chi connectivity index (χ1n) is 8.25. The second kappa shape index (κ2) is 8.04. The van der Waals surface area contributed by atoms with Gasteiger partial charge in [-0.05, 0) is 51.3 Å². The van der Waals surface area contributed by atoms with E-state index in [1.54, 1.807) is 17.0 Å². The van der Waals surface area contributed by atoms with Crippen LogP contribution in [0.15, 0.2) is 29.8 Å². The molecule has 1 aliphatic rings. The van der Waals surface area contributed by atoms with Gasteiger partial charge in [-0.15, -0.1) is 0 Å². The number of piperidine rings is 1. The normalized spacial score (nSPS) is 14.9. The SMILES string of the molecule is COC(=O)c1ccc(C(Br)=C2CCN(C(=O)OC(C)(C)C)CC2)cc1. The first-order chi connectivity index (χ1) is 11.7. The van der Waals surface area contributed by atoms with E-state index in [0.717, 1.165) is 22.9 Å². The van der Waals surface area contributed by atoms with E-state index in [2.05, 4.69) is 15.9 Å². The van der Waals surface area contributed by atoms with Crippen LogP contribution in [0.4, 0.5) is 4.79 Å². The van der Waals surface area contributed by atoms with Crippen LogP contribution >= 0.6 is 15.9 Å². The molecule has 0 radical (unpaired) electrons. The van der Waals surface area contributed by atoms with Gasteiger partial charge in [0.2, 0.25) is 0 Å². The molecule has 5 nitrogen and oxygen atoms in total. The first-order valence-corrected chi connectivity index (χ1v) is 9.05. The lowest BCUT2D eigenvalue weighted by molar-refractivity contribution is 0.0236. The molecule has 0 aliphatic carbocycles. The molecule has 1 fully saturated rings. The van der Waals surface area contributed by atoms with Crippen molar-refractivity contribution in [1.82, 2.24) is 4.90 Å². The standard InChI is InChI=1S/C19H24BrNO4/c1-19(2,3)25-18(23)21-11-9-14(10-12-21)16(20)13-5-7-15(8-6-13)17(22)24-4/h5-8H,9-12H2,1-4H3. The Bertz CT molecular complexity index is 664. The third kappa shape index (κ3) is 5.33. The Morgan fingerprint density at radius 3 is 2.04 bits per heavy atom. The van der Waals surface area contributed by atoms with E-state index in [1.807, 2.05) is 32.9 Å². The van der Waals surface area contributed by atoms with Crippen LogP contribution < -0.4 is 0 Å². The summed E-state index contributed by atoms with van der Waals surface area (Å²) >= 11 is 3.66. The predicted octanol–water partition coefficient (Wildman–Crippen LogP) is 4.61. The highest BCUT2D eigenvalue weighted by molar-refractivity contribution is 9.15. The zero-order chi connectivity index (χ0) is 18.6. The summed E-state index contributed by atoms with van der Waals surface area (Å²) in [5.74, 6) is -0.346. The Morgan fingerprint density at radius 1 is 1.04 bits per heavy atom. The van der Waals surface area contributed by atoms with Crippen LogP contribution in [-0.4, -0.2) is 42.8 Å². The fourth-order valence-electron chi connectivity index (χ4n) is 2.58. The molecule has 25 heavy (non-hydrogen) atoms. The summed E-state index contributed by atoms with van der Waals surface area (Å²) in [7, 11) is 1.37. The molecular formula is C19H24BrNO4. The number of esters is 1. The molecule has 1 aromatic rings. The maximum absolute atomic E-state index is 12.1. The fourth-order valence-corrected chi connectivity index (χ4v) is 3.24. The number of hydrogen-bond donors (Lipinski definition) is 0. The number of halogens is 1. The molecule has 1 saturated heterocycles. The van der Waals surface area contributed by atoms with Crippen molar-refractivity contribution in [1.29, 1.82) is 0 Å². The van der Waals surface area contributed by atoms with Crippen LogP contribution in [0.5, 0.6) is 0 Å². The molecule has 136 valence electrons. The highest BCUT2D eigenvalue weighted by atomic mass is 79.9. The lowest BCUT2D eigenvalue weighted by atomic mass is 10.0. The number of carbonyl (C=O) groups excluding carboxylic acids is 2. The van der Waals surface area contributed by atoms with Gasteiger partial charge >= 0.3 is 12.1 Å². The predicted molar refractivity (Wildman–Crippen MR) is 101 cm³/mol.